The molecule has 2 heterocycles. The van der Waals surface area contributed by atoms with Gasteiger partial charge >= 0.3 is 0 Å². The average molecular weight is 330 g/mol. The number of aliphatic hydroxyl groups excluding tert-OH is 1. The lowest BCUT2D eigenvalue weighted by Crippen LogP contribution is -2.44. The van der Waals surface area contributed by atoms with Gasteiger partial charge in [-0.3, -0.25) is 9.80 Å². The van der Waals surface area contributed by atoms with Crippen molar-refractivity contribution in [2.75, 3.05) is 46.4 Å². The molecule has 24 heavy (non-hydrogen) atoms. The number of hydrogen-bond acceptors (Lipinski definition) is 5. The highest BCUT2D eigenvalue weighted by Crippen LogP contribution is 2.08. The Morgan fingerprint density at radius 1 is 1.21 bits per heavy atom. The first kappa shape index (κ1) is 17.1. The number of likely N-dealkylation sites (N-methyl/N-ethyl adjacent to an activating group) is 1. The highest BCUT2D eigenvalue weighted by atomic mass is 16.5. The smallest absolute Gasteiger partial charge is 0.0793 e. The van der Waals surface area contributed by atoms with Gasteiger partial charge in [0.25, 0.3) is 0 Å². The summed E-state index contributed by atoms with van der Waals surface area (Å²) in [5, 5.41) is 14.9. The number of rotatable bonds is 7. The molecule has 0 radical (unpaired) electrons. The molecule has 1 saturated heterocycles. The first-order valence-corrected chi connectivity index (χ1v) is 8.47. The third-order valence-electron chi connectivity index (χ3n) is 4.19. The fraction of sp³-hybridized carbons (Fsp3) is 0.500. The minimum Gasteiger partial charge on any atom is -0.390 e. The third-order valence-corrected chi connectivity index (χ3v) is 4.19. The van der Waals surface area contributed by atoms with Gasteiger partial charge in [0, 0.05) is 38.9 Å². The van der Waals surface area contributed by atoms with E-state index in [0.29, 0.717) is 13.1 Å². The SMILES string of the molecule is CN(Cc1ccn(-c2ccccc2)n1)CC(O)CN1CCOCC1. The van der Waals surface area contributed by atoms with Crippen LogP contribution in [0.4, 0.5) is 0 Å². The molecule has 3 rings (SSSR count). The van der Waals surface area contributed by atoms with Crippen LogP contribution in [0.1, 0.15) is 5.69 Å². The number of benzene rings is 1. The van der Waals surface area contributed by atoms with Crippen molar-refractivity contribution in [3.05, 3.63) is 48.3 Å². The lowest BCUT2D eigenvalue weighted by molar-refractivity contribution is 0.00818. The molecular formula is C18H26N4O2. The third kappa shape index (κ3) is 4.88. The first-order valence-electron chi connectivity index (χ1n) is 8.47. The van der Waals surface area contributed by atoms with E-state index in [1.807, 2.05) is 54.3 Å². The number of para-hydroxylation sites is 1. The monoisotopic (exact) mass is 330 g/mol. The van der Waals surface area contributed by atoms with E-state index in [1.54, 1.807) is 0 Å². The average Bonchev–Trinajstić information content (AvgIpc) is 3.04. The molecule has 1 aliphatic rings. The Labute approximate surface area is 143 Å². The molecule has 1 unspecified atom stereocenters. The van der Waals surface area contributed by atoms with Gasteiger partial charge in [0.05, 0.1) is 30.7 Å². The molecule has 0 aliphatic carbocycles. The van der Waals surface area contributed by atoms with Crippen molar-refractivity contribution in [1.82, 2.24) is 19.6 Å². The molecule has 0 bridgehead atoms. The normalized spacial score (nSPS) is 17.3. The largest absolute Gasteiger partial charge is 0.390 e. The number of aromatic nitrogens is 2. The Balaban J connectivity index is 1.48. The molecule has 1 aromatic carbocycles. The number of aliphatic hydroxyl groups is 1. The minimum absolute atomic E-state index is 0.357. The van der Waals surface area contributed by atoms with Crippen LogP contribution in [0.25, 0.3) is 5.69 Å². The van der Waals surface area contributed by atoms with E-state index in [0.717, 1.165) is 44.2 Å². The Bertz CT molecular complexity index is 610. The van der Waals surface area contributed by atoms with E-state index in [2.05, 4.69) is 14.9 Å². The van der Waals surface area contributed by atoms with Crippen molar-refractivity contribution < 1.29 is 9.84 Å². The van der Waals surface area contributed by atoms with Crippen molar-refractivity contribution in [3.8, 4) is 5.69 Å². The van der Waals surface area contributed by atoms with Crippen LogP contribution in [0.15, 0.2) is 42.6 Å². The van der Waals surface area contributed by atoms with Crippen LogP contribution in [0.2, 0.25) is 0 Å². The van der Waals surface area contributed by atoms with E-state index in [4.69, 9.17) is 4.74 Å². The molecule has 0 saturated carbocycles. The summed E-state index contributed by atoms with van der Waals surface area (Å²) in [4.78, 5) is 4.37. The molecule has 2 aromatic rings. The molecule has 130 valence electrons. The van der Waals surface area contributed by atoms with E-state index in [9.17, 15) is 5.11 Å². The molecular weight excluding hydrogens is 304 g/mol. The summed E-state index contributed by atoms with van der Waals surface area (Å²) in [5.41, 5.74) is 2.05. The highest BCUT2D eigenvalue weighted by molar-refractivity contribution is 5.30. The zero-order valence-corrected chi connectivity index (χ0v) is 14.2. The van der Waals surface area contributed by atoms with E-state index in [1.165, 1.54) is 0 Å². The molecule has 6 nitrogen and oxygen atoms in total. The Hall–Kier alpha value is -1.73. The maximum Gasteiger partial charge on any atom is 0.0793 e. The summed E-state index contributed by atoms with van der Waals surface area (Å²) in [6.07, 6.45) is 1.62. The maximum absolute atomic E-state index is 10.3. The Kier molecular flexibility index (Phi) is 5.98. The number of ether oxygens (including phenoxy) is 1. The molecule has 1 atom stereocenters. The van der Waals surface area contributed by atoms with Crippen LogP contribution in [0, 0.1) is 0 Å². The first-order chi connectivity index (χ1) is 11.7. The quantitative estimate of drug-likeness (QED) is 0.821. The van der Waals surface area contributed by atoms with Crippen LogP contribution in [0.3, 0.4) is 0 Å². The molecule has 1 aromatic heterocycles. The topological polar surface area (TPSA) is 53.8 Å². The second-order valence-electron chi connectivity index (χ2n) is 6.35. The van der Waals surface area contributed by atoms with Crippen LogP contribution in [-0.2, 0) is 11.3 Å². The number of nitrogens with zero attached hydrogens (tertiary/aromatic N) is 4. The van der Waals surface area contributed by atoms with Gasteiger partial charge in [0.1, 0.15) is 0 Å². The summed E-state index contributed by atoms with van der Waals surface area (Å²) in [5.74, 6) is 0. The molecule has 0 amide bonds. The van der Waals surface area contributed by atoms with E-state index >= 15 is 0 Å². The molecule has 6 heteroatoms. The van der Waals surface area contributed by atoms with Crippen molar-refractivity contribution in [3.63, 3.8) is 0 Å². The fourth-order valence-corrected chi connectivity index (χ4v) is 3.01. The number of morpholine rings is 1. The summed E-state index contributed by atoms with van der Waals surface area (Å²) in [7, 11) is 2.02. The minimum atomic E-state index is -0.357. The summed E-state index contributed by atoms with van der Waals surface area (Å²) < 4.78 is 7.22. The second kappa shape index (κ2) is 8.39. The Morgan fingerprint density at radius 3 is 2.71 bits per heavy atom. The maximum atomic E-state index is 10.3. The van der Waals surface area contributed by atoms with Gasteiger partial charge in [-0.2, -0.15) is 5.10 Å². The van der Waals surface area contributed by atoms with E-state index < -0.39 is 0 Å². The van der Waals surface area contributed by atoms with Crippen LogP contribution in [-0.4, -0.2) is 77.2 Å². The summed E-state index contributed by atoms with van der Waals surface area (Å²) in [6.45, 7) is 5.39. The fourth-order valence-electron chi connectivity index (χ4n) is 3.01. The molecule has 1 fully saturated rings. The van der Waals surface area contributed by atoms with Crippen LogP contribution < -0.4 is 0 Å². The van der Waals surface area contributed by atoms with Crippen molar-refractivity contribution in [2.45, 2.75) is 12.6 Å². The highest BCUT2D eigenvalue weighted by Gasteiger charge is 2.16. The van der Waals surface area contributed by atoms with Crippen molar-refractivity contribution in [1.29, 1.82) is 0 Å². The van der Waals surface area contributed by atoms with Crippen LogP contribution in [0.5, 0.6) is 0 Å². The van der Waals surface area contributed by atoms with Gasteiger partial charge in [0.2, 0.25) is 0 Å². The van der Waals surface area contributed by atoms with Gasteiger partial charge in [-0.1, -0.05) is 18.2 Å². The summed E-state index contributed by atoms with van der Waals surface area (Å²) in [6, 6.07) is 12.1. The molecule has 0 spiro atoms. The zero-order valence-electron chi connectivity index (χ0n) is 14.2. The lowest BCUT2D eigenvalue weighted by Gasteiger charge is -2.29. The van der Waals surface area contributed by atoms with Crippen molar-refractivity contribution in [2.24, 2.45) is 0 Å². The van der Waals surface area contributed by atoms with E-state index in [-0.39, 0.29) is 6.10 Å². The van der Waals surface area contributed by atoms with Crippen molar-refractivity contribution >= 4 is 0 Å². The summed E-state index contributed by atoms with van der Waals surface area (Å²) >= 11 is 0. The predicted molar refractivity (Wildman–Crippen MR) is 93.2 cm³/mol. The second-order valence-corrected chi connectivity index (χ2v) is 6.35. The predicted octanol–water partition coefficient (Wildman–Crippen LogP) is 0.997. The van der Waals surface area contributed by atoms with Gasteiger partial charge in [-0.05, 0) is 25.2 Å². The number of β-amino-alcohol motifs (C(OH)–C–C–N with tert-alkyl or cyclic N) is 1. The Morgan fingerprint density at radius 2 is 1.96 bits per heavy atom. The molecule has 1 N–H and O–H groups in total. The standard InChI is InChI=1S/C18H26N4O2/c1-20(14-18(23)15-21-9-11-24-12-10-21)13-16-7-8-22(19-16)17-5-3-2-4-6-17/h2-8,18,23H,9-15H2,1H3. The lowest BCUT2D eigenvalue weighted by atomic mass is 10.2. The van der Waals surface area contributed by atoms with Gasteiger partial charge in [0.15, 0.2) is 0 Å². The molecule has 1 aliphatic heterocycles. The number of hydrogen-bond donors (Lipinski definition) is 1. The van der Waals surface area contributed by atoms with Crippen LogP contribution >= 0.6 is 0 Å². The van der Waals surface area contributed by atoms with Gasteiger partial charge in [-0.25, -0.2) is 4.68 Å². The van der Waals surface area contributed by atoms with Gasteiger partial charge < -0.3 is 9.84 Å². The van der Waals surface area contributed by atoms with Gasteiger partial charge in [-0.15, -0.1) is 0 Å². The zero-order chi connectivity index (χ0) is 16.8.